The van der Waals surface area contributed by atoms with Crippen molar-refractivity contribution in [3.8, 4) is 11.1 Å². The van der Waals surface area contributed by atoms with Crippen LogP contribution in [0.3, 0.4) is 0 Å². The topological polar surface area (TPSA) is 0 Å². The molecule has 0 nitrogen and oxygen atoms in total. The average Bonchev–Trinajstić information content (AvgIpc) is 2.86. The molecule has 0 aromatic heterocycles. The van der Waals surface area contributed by atoms with E-state index in [1.807, 2.05) is 12.1 Å². The summed E-state index contributed by atoms with van der Waals surface area (Å²) in [4.78, 5) is 0. The molecule has 176 valence electrons. The van der Waals surface area contributed by atoms with Crippen molar-refractivity contribution in [2.24, 2.45) is 5.92 Å². The van der Waals surface area contributed by atoms with Gasteiger partial charge in [-0.2, -0.15) is 0 Å². The molecule has 1 saturated carbocycles. The number of hydrogen-bond acceptors (Lipinski definition) is 0. The van der Waals surface area contributed by atoms with Crippen molar-refractivity contribution in [2.45, 2.75) is 96.8 Å². The third-order valence-electron chi connectivity index (χ3n) is 7.86. The standard InChI is InChI=1S/C32H41F/c1-3-5-7-9-24-11-13-25(14-12-24)26-15-17-27(18-16-26)29-21-22-31-30(23-29)20-19-28(32(31)33)10-8-6-4-2/h15-25H,3-14H2,1-2H3. The highest BCUT2D eigenvalue weighted by Crippen LogP contribution is 2.38. The van der Waals surface area contributed by atoms with E-state index in [1.165, 1.54) is 68.1 Å². The van der Waals surface area contributed by atoms with Crippen molar-refractivity contribution in [1.29, 1.82) is 0 Å². The van der Waals surface area contributed by atoms with Gasteiger partial charge in [-0.1, -0.05) is 101 Å². The average molecular weight is 445 g/mol. The van der Waals surface area contributed by atoms with Crippen LogP contribution in [0.1, 0.15) is 102 Å². The molecular weight excluding hydrogens is 403 g/mol. The van der Waals surface area contributed by atoms with Gasteiger partial charge in [0.1, 0.15) is 5.82 Å². The summed E-state index contributed by atoms with van der Waals surface area (Å²) in [6, 6.07) is 19.5. The summed E-state index contributed by atoms with van der Waals surface area (Å²) in [5.41, 5.74) is 4.75. The fourth-order valence-corrected chi connectivity index (χ4v) is 5.69. The zero-order chi connectivity index (χ0) is 23.0. The molecule has 0 amide bonds. The van der Waals surface area contributed by atoms with Crippen LogP contribution in [0, 0.1) is 11.7 Å². The predicted octanol–water partition coefficient (Wildman–Crippen LogP) is 10.2. The van der Waals surface area contributed by atoms with Gasteiger partial charge in [0.2, 0.25) is 0 Å². The van der Waals surface area contributed by atoms with Gasteiger partial charge in [-0.05, 0) is 84.1 Å². The van der Waals surface area contributed by atoms with Crippen LogP contribution in [0.25, 0.3) is 21.9 Å². The number of rotatable bonds is 10. The monoisotopic (exact) mass is 444 g/mol. The van der Waals surface area contributed by atoms with E-state index in [4.69, 9.17) is 0 Å². The number of fused-ring (bicyclic) bond motifs is 1. The van der Waals surface area contributed by atoms with E-state index >= 15 is 4.39 Å². The Morgan fingerprint density at radius 3 is 2.15 bits per heavy atom. The van der Waals surface area contributed by atoms with Gasteiger partial charge in [-0.25, -0.2) is 4.39 Å². The lowest BCUT2D eigenvalue weighted by molar-refractivity contribution is 0.303. The zero-order valence-electron chi connectivity index (χ0n) is 20.7. The maximum Gasteiger partial charge on any atom is 0.134 e. The Hall–Kier alpha value is -2.15. The van der Waals surface area contributed by atoms with E-state index in [2.05, 4.69) is 56.3 Å². The molecule has 0 radical (unpaired) electrons. The number of halogens is 1. The van der Waals surface area contributed by atoms with Gasteiger partial charge in [0.25, 0.3) is 0 Å². The summed E-state index contributed by atoms with van der Waals surface area (Å²) in [7, 11) is 0. The third-order valence-corrected chi connectivity index (χ3v) is 7.86. The van der Waals surface area contributed by atoms with Crippen LogP contribution >= 0.6 is 0 Å². The molecule has 0 aliphatic heterocycles. The fraction of sp³-hybridized carbons (Fsp3) is 0.500. The van der Waals surface area contributed by atoms with Gasteiger partial charge in [0, 0.05) is 5.39 Å². The van der Waals surface area contributed by atoms with Crippen LogP contribution in [-0.2, 0) is 6.42 Å². The summed E-state index contributed by atoms with van der Waals surface area (Å²) in [5.74, 6) is 1.64. The molecule has 3 aromatic rings. The van der Waals surface area contributed by atoms with Gasteiger partial charge in [-0.3, -0.25) is 0 Å². The molecule has 1 aliphatic rings. The normalized spacial score (nSPS) is 18.6. The summed E-state index contributed by atoms with van der Waals surface area (Å²) in [5, 5.41) is 1.75. The molecule has 0 heterocycles. The second-order valence-corrected chi connectivity index (χ2v) is 10.3. The van der Waals surface area contributed by atoms with E-state index in [0.29, 0.717) is 0 Å². The lowest BCUT2D eigenvalue weighted by atomic mass is 9.77. The smallest absolute Gasteiger partial charge is 0.134 e. The van der Waals surface area contributed by atoms with Gasteiger partial charge in [-0.15, -0.1) is 0 Å². The number of hydrogen-bond donors (Lipinski definition) is 0. The van der Waals surface area contributed by atoms with E-state index in [1.54, 1.807) is 0 Å². The summed E-state index contributed by atoms with van der Waals surface area (Å²) < 4.78 is 15.0. The van der Waals surface area contributed by atoms with Crippen LogP contribution in [-0.4, -0.2) is 0 Å². The lowest BCUT2D eigenvalue weighted by Gasteiger charge is -2.29. The number of aryl methyl sites for hydroxylation is 1. The Morgan fingerprint density at radius 1 is 0.727 bits per heavy atom. The minimum atomic E-state index is -0.0317. The van der Waals surface area contributed by atoms with Crippen molar-refractivity contribution < 1.29 is 4.39 Å². The SMILES string of the molecule is CCCCCc1ccc2cc(-c3ccc(C4CCC(CCCCC)CC4)cc3)ccc2c1F. The second kappa shape index (κ2) is 11.8. The fourth-order valence-electron chi connectivity index (χ4n) is 5.69. The predicted molar refractivity (Wildman–Crippen MR) is 141 cm³/mol. The first-order chi connectivity index (χ1) is 16.2. The molecule has 33 heavy (non-hydrogen) atoms. The van der Waals surface area contributed by atoms with Gasteiger partial charge in [0.15, 0.2) is 0 Å². The van der Waals surface area contributed by atoms with E-state index in [0.717, 1.165) is 53.9 Å². The van der Waals surface area contributed by atoms with Crippen LogP contribution in [0.4, 0.5) is 4.39 Å². The molecule has 0 atom stereocenters. The van der Waals surface area contributed by atoms with Crippen LogP contribution in [0.15, 0.2) is 54.6 Å². The van der Waals surface area contributed by atoms with Crippen LogP contribution in [0.2, 0.25) is 0 Å². The van der Waals surface area contributed by atoms with Crippen LogP contribution < -0.4 is 0 Å². The highest BCUT2D eigenvalue weighted by Gasteiger charge is 2.22. The van der Waals surface area contributed by atoms with Gasteiger partial charge >= 0.3 is 0 Å². The minimum absolute atomic E-state index is 0.0317. The zero-order valence-corrected chi connectivity index (χ0v) is 20.7. The molecule has 0 spiro atoms. The van der Waals surface area contributed by atoms with E-state index in [9.17, 15) is 0 Å². The Labute approximate surface area is 200 Å². The summed E-state index contributed by atoms with van der Waals surface area (Å²) >= 11 is 0. The first kappa shape index (κ1) is 24.0. The maximum atomic E-state index is 15.0. The van der Waals surface area contributed by atoms with Crippen molar-refractivity contribution in [1.82, 2.24) is 0 Å². The molecule has 1 fully saturated rings. The largest absolute Gasteiger partial charge is 0.206 e. The molecule has 0 N–H and O–H groups in total. The highest BCUT2D eigenvalue weighted by molar-refractivity contribution is 5.88. The Kier molecular flexibility index (Phi) is 8.59. The Balaban J connectivity index is 1.41. The first-order valence-electron chi connectivity index (χ1n) is 13.5. The number of unbranched alkanes of at least 4 members (excludes halogenated alkanes) is 4. The Morgan fingerprint density at radius 2 is 1.42 bits per heavy atom. The molecule has 0 bridgehead atoms. The molecule has 0 unspecified atom stereocenters. The molecule has 1 aliphatic carbocycles. The molecule has 0 saturated heterocycles. The maximum absolute atomic E-state index is 15.0. The summed E-state index contributed by atoms with van der Waals surface area (Å²) in [6.07, 6.45) is 15.3. The first-order valence-corrected chi connectivity index (χ1v) is 13.5. The number of benzene rings is 3. The van der Waals surface area contributed by atoms with Crippen LogP contribution in [0.5, 0.6) is 0 Å². The third kappa shape index (κ3) is 6.05. The van der Waals surface area contributed by atoms with E-state index < -0.39 is 0 Å². The van der Waals surface area contributed by atoms with Crippen molar-refractivity contribution in [2.75, 3.05) is 0 Å². The molecule has 3 aromatic carbocycles. The van der Waals surface area contributed by atoms with Gasteiger partial charge < -0.3 is 0 Å². The Bertz CT molecular complexity index is 1010. The molecule has 1 heteroatoms. The van der Waals surface area contributed by atoms with Gasteiger partial charge in [0.05, 0.1) is 0 Å². The quantitative estimate of drug-likeness (QED) is 0.273. The highest BCUT2D eigenvalue weighted by atomic mass is 19.1. The second-order valence-electron chi connectivity index (χ2n) is 10.3. The lowest BCUT2D eigenvalue weighted by Crippen LogP contribution is -2.13. The molecule has 4 rings (SSSR count). The summed E-state index contributed by atoms with van der Waals surface area (Å²) in [6.45, 7) is 4.48. The minimum Gasteiger partial charge on any atom is -0.206 e. The van der Waals surface area contributed by atoms with E-state index in [-0.39, 0.29) is 5.82 Å². The molecular formula is C32H41F. The van der Waals surface area contributed by atoms with Crippen molar-refractivity contribution in [3.05, 3.63) is 71.5 Å². The van der Waals surface area contributed by atoms with Crippen molar-refractivity contribution >= 4 is 10.8 Å². The van der Waals surface area contributed by atoms with Crippen molar-refractivity contribution in [3.63, 3.8) is 0 Å².